The molecule has 0 aromatic heterocycles. The zero-order valence-electron chi connectivity index (χ0n) is 12.5. The Hall–Kier alpha value is -1.30. The van der Waals surface area contributed by atoms with Gasteiger partial charge in [-0.3, -0.25) is 0 Å². The van der Waals surface area contributed by atoms with E-state index >= 15 is 0 Å². The van der Waals surface area contributed by atoms with Crippen LogP contribution in [0.1, 0.15) is 12.8 Å². The van der Waals surface area contributed by atoms with Crippen molar-refractivity contribution in [1.29, 1.82) is 0 Å². The zero-order valence-corrected chi connectivity index (χ0v) is 13.5. The van der Waals surface area contributed by atoms with Gasteiger partial charge in [0.1, 0.15) is 6.54 Å². The van der Waals surface area contributed by atoms with Crippen LogP contribution in [0.25, 0.3) is 0 Å². The minimum Gasteiger partial charge on any atom is -0.321 e. The number of nitrogens with zero attached hydrogens (tertiary/aromatic N) is 1. The lowest BCUT2D eigenvalue weighted by Crippen LogP contribution is -2.37. The normalized spacial score (nSPS) is 18.1. The van der Waals surface area contributed by atoms with Crippen LogP contribution in [0.3, 0.4) is 0 Å². The van der Waals surface area contributed by atoms with Crippen LogP contribution in [0.5, 0.6) is 0 Å². The van der Waals surface area contributed by atoms with Gasteiger partial charge in [0.2, 0.25) is 0 Å². The van der Waals surface area contributed by atoms with E-state index in [0.29, 0.717) is 0 Å². The molecule has 0 unspecified atom stereocenters. The third kappa shape index (κ3) is 3.37. The van der Waals surface area contributed by atoms with Gasteiger partial charge in [-0.05, 0) is 18.8 Å². The van der Waals surface area contributed by atoms with E-state index in [1.54, 1.807) is 10.4 Å². The summed E-state index contributed by atoms with van der Waals surface area (Å²) in [7, 11) is 4.83. The van der Waals surface area contributed by atoms with Crippen LogP contribution >= 0.6 is 0 Å². The number of hydrogen-bond donors (Lipinski definition) is 0. The minimum atomic E-state index is -1.76. The molecule has 100 valence electrons. The first-order valence-corrected chi connectivity index (χ1v) is 9.45. The summed E-state index contributed by atoms with van der Waals surface area (Å²) in [5.41, 5.74) is 3.69. The molecule has 2 heteroatoms. The molecule has 0 saturated heterocycles. The summed E-state index contributed by atoms with van der Waals surface area (Å²) < 4.78 is 0.909. The van der Waals surface area contributed by atoms with Gasteiger partial charge in [-0.1, -0.05) is 53.4 Å². The molecule has 0 heterocycles. The number of hydrogen-bond acceptors (Lipinski definition) is 0. The molecule has 0 fully saturated rings. The van der Waals surface area contributed by atoms with Crippen LogP contribution in [-0.2, 0) is 0 Å². The molecular weight excluding hydrogens is 246 g/mol. The second-order valence-electron chi connectivity index (χ2n) is 6.52. The molecule has 0 aromatic carbocycles. The van der Waals surface area contributed by atoms with Gasteiger partial charge in [-0.15, -0.1) is 5.54 Å². The van der Waals surface area contributed by atoms with Gasteiger partial charge in [0.15, 0.2) is 8.07 Å². The van der Waals surface area contributed by atoms with Crippen molar-refractivity contribution in [1.82, 2.24) is 0 Å². The molecule has 0 bridgehead atoms. The molecule has 0 aromatic rings. The number of allylic oxidation sites excluding steroid dienone is 8. The predicted octanol–water partition coefficient (Wildman–Crippen LogP) is 3.16. The largest absolute Gasteiger partial charge is 0.321 e. The smallest absolute Gasteiger partial charge is 0.189 e. The average molecular weight is 270 g/mol. The molecule has 0 spiro atoms. The minimum absolute atomic E-state index is 0.909. The van der Waals surface area contributed by atoms with Crippen molar-refractivity contribution in [3.8, 4) is 11.5 Å². The van der Waals surface area contributed by atoms with Gasteiger partial charge < -0.3 is 4.48 Å². The van der Waals surface area contributed by atoms with E-state index in [1.165, 1.54) is 0 Å². The van der Waals surface area contributed by atoms with Crippen LogP contribution in [0.15, 0.2) is 46.8 Å². The van der Waals surface area contributed by atoms with Crippen LogP contribution in [0, 0.1) is 11.5 Å². The highest BCUT2D eigenvalue weighted by molar-refractivity contribution is 6.98. The summed E-state index contributed by atoms with van der Waals surface area (Å²) in [6.45, 7) is 3.33. The van der Waals surface area contributed by atoms with Crippen molar-refractivity contribution in [3.63, 3.8) is 0 Å². The number of quaternary nitrogens is 1. The Balaban J connectivity index is 2.25. The van der Waals surface area contributed by atoms with Crippen LogP contribution in [0.2, 0.25) is 6.55 Å². The molecule has 0 radical (unpaired) electrons. The summed E-state index contributed by atoms with van der Waals surface area (Å²) in [5.74, 6) is 3.47. The van der Waals surface area contributed by atoms with Crippen molar-refractivity contribution >= 4 is 8.07 Å². The lowest BCUT2D eigenvalue weighted by atomic mass is 10.5. The van der Waals surface area contributed by atoms with Crippen molar-refractivity contribution in [2.75, 3.05) is 27.7 Å². The lowest BCUT2D eigenvalue weighted by Gasteiger charge is -2.25. The molecule has 1 nitrogen and oxygen atoms in total. The fraction of sp³-hybridized carbons (Fsp3) is 0.412. The molecular formula is C17H24NSi+. The highest BCUT2D eigenvalue weighted by Gasteiger charge is 2.34. The summed E-state index contributed by atoms with van der Waals surface area (Å²) in [5, 5.41) is 3.13. The van der Waals surface area contributed by atoms with Gasteiger partial charge >= 0.3 is 0 Å². The maximum Gasteiger partial charge on any atom is 0.189 e. The first-order valence-electron chi connectivity index (χ1n) is 6.95. The molecule has 0 amide bonds. The second-order valence-corrected chi connectivity index (χ2v) is 10.3. The van der Waals surface area contributed by atoms with E-state index in [-0.39, 0.29) is 0 Å². The zero-order chi connectivity index (χ0) is 13.9. The quantitative estimate of drug-likeness (QED) is 0.420. The Labute approximate surface area is 118 Å². The average Bonchev–Trinajstić information content (AvgIpc) is 3.01. The van der Waals surface area contributed by atoms with E-state index in [1.807, 2.05) is 0 Å². The monoisotopic (exact) mass is 270 g/mol. The van der Waals surface area contributed by atoms with E-state index < -0.39 is 8.07 Å². The van der Waals surface area contributed by atoms with E-state index in [2.05, 4.69) is 75.6 Å². The Bertz CT molecular complexity index is 500. The Morgan fingerprint density at radius 3 is 1.95 bits per heavy atom. The summed E-state index contributed by atoms with van der Waals surface area (Å²) >= 11 is 0. The second kappa shape index (κ2) is 5.36. The Morgan fingerprint density at radius 2 is 1.58 bits per heavy atom. The van der Waals surface area contributed by atoms with Crippen LogP contribution in [-0.4, -0.2) is 40.2 Å². The summed E-state index contributed by atoms with van der Waals surface area (Å²) in [6.07, 6.45) is 15.7. The van der Waals surface area contributed by atoms with Gasteiger partial charge in [-0.2, -0.15) is 0 Å². The van der Waals surface area contributed by atoms with Gasteiger partial charge in [0.25, 0.3) is 0 Å². The highest BCUT2D eigenvalue weighted by Crippen LogP contribution is 2.32. The highest BCUT2D eigenvalue weighted by atomic mass is 28.3. The third-order valence-corrected chi connectivity index (χ3v) is 7.71. The fourth-order valence-electron chi connectivity index (χ4n) is 2.46. The first-order chi connectivity index (χ1) is 8.92. The molecule has 19 heavy (non-hydrogen) atoms. The maximum absolute atomic E-state index is 3.69. The molecule has 0 N–H and O–H groups in total. The fourth-order valence-corrected chi connectivity index (χ4v) is 5.53. The lowest BCUT2D eigenvalue weighted by molar-refractivity contribution is -0.862. The van der Waals surface area contributed by atoms with Crippen molar-refractivity contribution < 1.29 is 4.48 Å². The van der Waals surface area contributed by atoms with E-state index in [0.717, 1.165) is 23.9 Å². The summed E-state index contributed by atoms with van der Waals surface area (Å²) in [6, 6.07) is 0. The Kier molecular flexibility index (Phi) is 3.98. The van der Waals surface area contributed by atoms with E-state index in [9.17, 15) is 0 Å². The maximum atomic E-state index is 3.69. The third-order valence-electron chi connectivity index (χ3n) is 3.72. The molecule has 0 atom stereocenters. The van der Waals surface area contributed by atoms with Crippen molar-refractivity contribution in [2.45, 2.75) is 19.4 Å². The van der Waals surface area contributed by atoms with Gasteiger partial charge in [0, 0.05) is 0 Å². The van der Waals surface area contributed by atoms with Crippen LogP contribution in [0.4, 0.5) is 0 Å². The van der Waals surface area contributed by atoms with Gasteiger partial charge in [0.05, 0.1) is 21.1 Å². The Morgan fingerprint density at radius 1 is 1.05 bits per heavy atom. The van der Waals surface area contributed by atoms with Gasteiger partial charge in [-0.25, -0.2) is 0 Å². The molecule has 2 rings (SSSR count). The first kappa shape index (κ1) is 14.1. The van der Waals surface area contributed by atoms with Crippen molar-refractivity contribution in [2.24, 2.45) is 0 Å². The van der Waals surface area contributed by atoms with E-state index in [4.69, 9.17) is 0 Å². The van der Waals surface area contributed by atoms with Crippen molar-refractivity contribution in [3.05, 3.63) is 46.8 Å². The molecule has 2 aliphatic rings. The van der Waals surface area contributed by atoms with Crippen LogP contribution < -0.4 is 0 Å². The molecule has 2 aliphatic carbocycles. The summed E-state index contributed by atoms with van der Waals surface area (Å²) in [4.78, 5) is 0. The topological polar surface area (TPSA) is 0 Å². The number of rotatable bonds is 3. The standard InChI is InChI=1S/C17H24NSi/c1-18(2,3)14-9-15-19(4,16-10-5-6-11-16)17-12-7-8-13-17/h5-8,10,12H,11,13-14H2,1-4H3/q+1. The molecule has 0 saturated carbocycles. The predicted molar refractivity (Wildman–Crippen MR) is 86.0 cm³/mol. The molecule has 0 aliphatic heterocycles. The SMILES string of the molecule is C[N+](C)(C)CC#C[Si](C)(C1=CC=CC1)C1=CC=CC1.